The minimum atomic E-state index is -4.22. The van der Waals surface area contributed by atoms with Crippen LogP contribution in [0.25, 0.3) is 0 Å². The summed E-state index contributed by atoms with van der Waals surface area (Å²) in [5, 5.41) is 7.63. The molecule has 0 saturated heterocycles. The van der Waals surface area contributed by atoms with Crippen molar-refractivity contribution in [1.82, 2.24) is 4.90 Å². The second-order valence-electron chi connectivity index (χ2n) is 5.87. The van der Waals surface area contributed by atoms with E-state index in [2.05, 4.69) is 5.32 Å². The van der Waals surface area contributed by atoms with Crippen LogP contribution in [0.1, 0.15) is 11.1 Å². The quantitative estimate of drug-likeness (QED) is 0.773. The molecule has 144 valence electrons. The maximum absolute atomic E-state index is 12.4. The van der Waals surface area contributed by atoms with E-state index in [1.54, 1.807) is 18.1 Å². The van der Waals surface area contributed by atoms with Crippen LogP contribution in [0, 0.1) is 0 Å². The fourth-order valence-corrected chi connectivity index (χ4v) is 3.13. The fraction of sp³-hybridized carbons (Fsp3) is 0.235. The van der Waals surface area contributed by atoms with Gasteiger partial charge in [-0.15, -0.1) is 0 Å². The van der Waals surface area contributed by atoms with Gasteiger partial charge in [-0.1, -0.05) is 12.1 Å². The van der Waals surface area contributed by atoms with Gasteiger partial charge < -0.3 is 23.9 Å². The number of methoxy groups -OCH3 is 2. The summed E-state index contributed by atoms with van der Waals surface area (Å²) < 4.78 is 37.4. The number of carbonyl (C=O) groups is 1. The lowest BCUT2D eigenvalue weighted by Gasteiger charge is -2.30. The van der Waals surface area contributed by atoms with Crippen molar-refractivity contribution in [2.24, 2.45) is 5.14 Å². The molecule has 1 aliphatic rings. The Kier molecular flexibility index (Phi) is 5.10. The lowest BCUT2D eigenvalue weighted by Crippen LogP contribution is -2.38. The molecule has 0 saturated carbocycles. The molecule has 1 aliphatic heterocycles. The van der Waals surface area contributed by atoms with Gasteiger partial charge in [-0.25, -0.2) is 4.79 Å². The topological polar surface area (TPSA) is 120 Å². The average Bonchev–Trinajstić information content (AvgIpc) is 2.61. The number of rotatable bonds is 6. The maximum atomic E-state index is 12.4. The maximum Gasteiger partial charge on any atom is 0.380 e. The molecule has 0 fully saturated rings. The third-order valence-electron chi connectivity index (χ3n) is 4.02. The molecule has 10 heteroatoms. The Labute approximate surface area is 156 Å². The molecule has 0 atom stereocenters. The van der Waals surface area contributed by atoms with E-state index in [9.17, 15) is 13.2 Å². The molecule has 9 nitrogen and oxygen atoms in total. The van der Waals surface area contributed by atoms with Gasteiger partial charge in [0.2, 0.25) is 0 Å². The summed E-state index contributed by atoms with van der Waals surface area (Å²) in [7, 11) is -1.25. The highest BCUT2D eigenvalue weighted by Gasteiger charge is 2.25. The number of fused-ring (bicyclic) bond motifs is 1. The SMILES string of the molecule is COc1ccc(CN2Cc3cc(OC)c(OS(N)(=O)=O)cc3NC2=O)cc1. The Bertz CT molecular complexity index is 959. The second kappa shape index (κ2) is 7.33. The molecular weight excluding hydrogens is 374 g/mol. The Hall–Kier alpha value is -2.98. The van der Waals surface area contributed by atoms with Gasteiger partial charge in [-0.3, -0.25) is 0 Å². The van der Waals surface area contributed by atoms with Crippen LogP contribution >= 0.6 is 0 Å². The molecular formula is C17H19N3O6S. The molecule has 0 bridgehead atoms. The molecule has 2 aromatic rings. The van der Waals surface area contributed by atoms with Crippen molar-refractivity contribution in [2.75, 3.05) is 19.5 Å². The molecule has 0 aliphatic carbocycles. The van der Waals surface area contributed by atoms with Gasteiger partial charge in [-0.05, 0) is 29.3 Å². The van der Waals surface area contributed by atoms with Crippen LogP contribution in [-0.4, -0.2) is 33.6 Å². The van der Waals surface area contributed by atoms with Crippen LogP contribution in [-0.2, 0) is 23.4 Å². The first-order chi connectivity index (χ1) is 12.8. The predicted octanol–water partition coefficient (Wildman–Crippen LogP) is 1.83. The minimum absolute atomic E-state index is 0.0948. The van der Waals surface area contributed by atoms with Crippen molar-refractivity contribution in [2.45, 2.75) is 13.1 Å². The number of urea groups is 1. The molecule has 0 radical (unpaired) electrons. The summed E-state index contributed by atoms with van der Waals surface area (Å²) in [4.78, 5) is 14.0. The number of carbonyl (C=O) groups excluding carboxylic acids is 1. The smallest absolute Gasteiger partial charge is 0.380 e. The molecule has 2 amide bonds. The van der Waals surface area contributed by atoms with Crippen LogP contribution in [0.2, 0.25) is 0 Å². The number of hydrogen-bond acceptors (Lipinski definition) is 6. The molecule has 0 spiro atoms. The van der Waals surface area contributed by atoms with Crippen molar-refractivity contribution >= 4 is 22.0 Å². The summed E-state index contributed by atoms with van der Waals surface area (Å²) >= 11 is 0. The first-order valence-electron chi connectivity index (χ1n) is 7.91. The number of benzene rings is 2. The lowest BCUT2D eigenvalue weighted by molar-refractivity contribution is 0.203. The molecule has 3 N–H and O–H groups in total. The van der Waals surface area contributed by atoms with Crippen molar-refractivity contribution in [3.63, 3.8) is 0 Å². The summed E-state index contributed by atoms with van der Waals surface area (Å²) in [5.41, 5.74) is 2.13. The highest BCUT2D eigenvalue weighted by molar-refractivity contribution is 7.84. The summed E-state index contributed by atoms with van der Waals surface area (Å²) in [6.07, 6.45) is 0. The highest BCUT2D eigenvalue weighted by atomic mass is 32.2. The Balaban J connectivity index is 1.84. The van der Waals surface area contributed by atoms with Crippen LogP contribution in [0.4, 0.5) is 10.5 Å². The standard InChI is InChI=1S/C17H19N3O6S/c1-24-13-5-3-11(4-6-13)9-20-10-12-7-15(25-2)16(26-27(18,22)23)8-14(12)19-17(20)21/h3-8H,9-10H2,1-2H3,(H,19,21)(H2,18,22,23). The van der Waals surface area contributed by atoms with Crippen LogP contribution in [0.15, 0.2) is 36.4 Å². The number of hydrogen-bond donors (Lipinski definition) is 2. The van der Waals surface area contributed by atoms with E-state index in [4.69, 9.17) is 18.8 Å². The zero-order valence-corrected chi connectivity index (χ0v) is 15.6. The van der Waals surface area contributed by atoms with Crippen molar-refractivity contribution in [3.05, 3.63) is 47.5 Å². The Morgan fingerprint density at radius 3 is 2.41 bits per heavy atom. The molecule has 1 heterocycles. The average molecular weight is 393 g/mol. The summed E-state index contributed by atoms with van der Waals surface area (Å²) in [5.74, 6) is 0.838. The molecule has 2 aromatic carbocycles. The molecule has 0 aromatic heterocycles. The summed E-state index contributed by atoms with van der Waals surface area (Å²) in [6.45, 7) is 0.715. The minimum Gasteiger partial charge on any atom is -0.497 e. The van der Waals surface area contributed by atoms with E-state index in [0.717, 1.165) is 16.9 Å². The van der Waals surface area contributed by atoms with E-state index in [1.807, 2.05) is 24.3 Å². The fourth-order valence-electron chi connectivity index (χ4n) is 2.75. The number of anilines is 1. The normalized spacial score (nSPS) is 13.6. The number of amides is 2. The van der Waals surface area contributed by atoms with Crippen molar-refractivity contribution in [1.29, 1.82) is 0 Å². The van der Waals surface area contributed by atoms with Gasteiger partial charge in [-0.2, -0.15) is 13.6 Å². The van der Waals surface area contributed by atoms with E-state index in [-0.39, 0.29) is 17.5 Å². The Morgan fingerprint density at radius 2 is 1.81 bits per heavy atom. The number of nitrogens with zero attached hydrogens (tertiary/aromatic N) is 1. The van der Waals surface area contributed by atoms with Gasteiger partial charge >= 0.3 is 16.3 Å². The van der Waals surface area contributed by atoms with E-state index in [0.29, 0.717) is 18.8 Å². The van der Waals surface area contributed by atoms with Crippen molar-refractivity contribution in [3.8, 4) is 17.2 Å². The van der Waals surface area contributed by atoms with Gasteiger partial charge in [0.15, 0.2) is 11.5 Å². The number of nitrogens with two attached hydrogens (primary N) is 1. The van der Waals surface area contributed by atoms with E-state index in [1.165, 1.54) is 13.2 Å². The first kappa shape index (κ1) is 18.8. The monoisotopic (exact) mass is 393 g/mol. The number of nitrogens with one attached hydrogen (secondary N) is 1. The second-order valence-corrected chi connectivity index (χ2v) is 7.02. The van der Waals surface area contributed by atoms with Gasteiger partial charge in [0.05, 0.1) is 19.9 Å². The van der Waals surface area contributed by atoms with E-state index >= 15 is 0 Å². The van der Waals surface area contributed by atoms with Gasteiger partial charge in [0.25, 0.3) is 0 Å². The predicted molar refractivity (Wildman–Crippen MR) is 98.0 cm³/mol. The van der Waals surface area contributed by atoms with Crippen LogP contribution in [0.5, 0.6) is 17.2 Å². The number of ether oxygens (including phenoxy) is 2. The molecule has 0 unspecified atom stereocenters. The summed E-state index contributed by atoms with van der Waals surface area (Å²) in [6, 6.07) is 10.1. The third kappa shape index (κ3) is 4.41. The first-order valence-corrected chi connectivity index (χ1v) is 9.38. The third-order valence-corrected chi connectivity index (χ3v) is 4.43. The zero-order chi connectivity index (χ0) is 19.6. The zero-order valence-electron chi connectivity index (χ0n) is 14.8. The van der Waals surface area contributed by atoms with Crippen LogP contribution < -0.4 is 24.1 Å². The van der Waals surface area contributed by atoms with E-state index < -0.39 is 10.3 Å². The largest absolute Gasteiger partial charge is 0.497 e. The van der Waals surface area contributed by atoms with Gasteiger partial charge in [0, 0.05) is 19.2 Å². The van der Waals surface area contributed by atoms with Crippen LogP contribution in [0.3, 0.4) is 0 Å². The van der Waals surface area contributed by atoms with Crippen molar-refractivity contribution < 1.29 is 26.9 Å². The highest BCUT2D eigenvalue weighted by Crippen LogP contribution is 2.37. The Morgan fingerprint density at radius 1 is 1.11 bits per heavy atom. The lowest BCUT2D eigenvalue weighted by atomic mass is 10.1. The molecule has 3 rings (SSSR count). The molecule has 27 heavy (non-hydrogen) atoms. The van der Waals surface area contributed by atoms with Gasteiger partial charge in [0.1, 0.15) is 5.75 Å².